The third-order valence-corrected chi connectivity index (χ3v) is 6.26. The normalized spacial score (nSPS) is 14.8. The third-order valence-electron chi connectivity index (χ3n) is 6.26. The summed E-state index contributed by atoms with van der Waals surface area (Å²) in [6.07, 6.45) is 5.48. The van der Waals surface area contributed by atoms with Gasteiger partial charge in [0.05, 0.1) is 11.2 Å². The highest BCUT2D eigenvalue weighted by molar-refractivity contribution is 5.90. The fourth-order valence-electron chi connectivity index (χ4n) is 4.50. The minimum Gasteiger partial charge on any atom is -0.457 e. The Morgan fingerprint density at radius 1 is 0.909 bits per heavy atom. The SMILES string of the molecule is CCCN1c2cc(C)c(C=Nc3ccc(Oc4ccc(C)cc4)cc3)cc2C(C)=CC1(C)C. The van der Waals surface area contributed by atoms with E-state index in [4.69, 9.17) is 9.73 Å². The van der Waals surface area contributed by atoms with E-state index in [9.17, 15) is 0 Å². The minimum absolute atomic E-state index is 0.0253. The summed E-state index contributed by atoms with van der Waals surface area (Å²) < 4.78 is 5.93. The van der Waals surface area contributed by atoms with Crippen molar-refractivity contribution in [2.45, 2.75) is 53.5 Å². The van der Waals surface area contributed by atoms with Gasteiger partial charge in [0.2, 0.25) is 0 Å². The summed E-state index contributed by atoms with van der Waals surface area (Å²) in [5, 5.41) is 0. The van der Waals surface area contributed by atoms with Crippen LogP contribution in [-0.4, -0.2) is 18.3 Å². The first-order valence-electron chi connectivity index (χ1n) is 11.8. The summed E-state index contributed by atoms with van der Waals surface area (Å²) in [6, 6.07) is 20.6. The average molecular weight is 439 g/mol. The highest BCUT2D eigenvalue weighted by Gasteiger charge is 2.31. The molecule has 3 heteroatoms. The lowest BCUT2D eigenvalue weighted by Gasteiger charge is -2.43. The highest BCUT2D eigenvalue weighted by Crippen LogP contribution is 2.40. The van der Waals surface area contributed by atoms with Crippen molar-refractivity contribution in [3.63, 3.8) is 0 Å². The summed E-state index contributed by atoms with van der Waals surface area (Å²) >= 11 is 0. The van der Waals surface area contributed by atoms with Gasteiger partial charge < -0.3 is 9.64 Å². The number of aryl methyl sites for hydroxylation is 2. The third kappa shape index (κ3) is 5.03. The minimum atomic E-state index is 0.0253. The Kier molecular flexibility index (Phi) is 6.42. The van der Waals surface area contributed by atoms with E-state index in [2.05, 4.69) is 64.7 Å². The first-order valence-corrected chi connectivity index (χ1v) is 11.8. The van der Waals surface area contributed by atoms with Crippen LogP contribution in [0.15, 0.2) is 71.7 Å². The van der Waals surface area contributed by atoms with Crippen LogP contribution in [0.4, 0.5) is 11.4 Å². The van der Waals surface area contributed by atoms with E-state index < -0.39 is 0 Å². The molecular weight excluding hydrogens is 404 g/mol. The van der Waals surface area contributed by atoms with Crippen LogP contribution in [0, 0.1) is 13.8 Å². The maximum atomic E-state index is 5.93. The van der Waals surface area contributed by atoms with Crippen molar-refractivity contribution < 1.29 is 4.74 Å². The molecule has 0 spiro atoms. The summed E-state index contributed by atoms with van der Waals surface area (Å²) in [5.74, 6) is 1.65. The molecule has 0 N–H and O–H groups in total. The van der Waals surface area contributed by atoms with E-state index in [0.717, 1.165) is 35.7 Å². The zero-order valence-electron chi connectivity index (χ0n) is 20.6. The molecule has 3 aromatic rings. The van der Waals surface area contributed by atoms with Gasteiger partial charge in [-0.15, -0.1) is 0 Å². The monoisotopic (exact) mass is 438 g/mol. The number of allylic oxidation sites excluding steroid dienone is 1. The van der Waals surface area contributed by atoms with Crippen molar-refractivity contribution in [3.8, 4) is 11.5 Å². The van der Waals surface area contributed by atoms with Crippen LogP contribution in [0.25, 0.3) is 5.57 Å². The number of benzene rings is 3. The van der Waals surface area contributed by atoms with Gasteiger partial charge in [-0.1, -0.05) is 30.7 Å². The van der Waals surface area contributed by atoms with Gasteiger partial charge in [0.15, 0.2) is 0 Å². The Labute approximate surface area is 198 Å². The average Bonchev–Trinajstić information content (AvgIpc) is 2.78. The van der Waals surface area contributed by atoms with E-state index in [0.29, 0.717) is 0 Å². The summed E-state index contributed by atoms with van der Waals surface area (Å²) in [5.41, 5.74) is 8.50. The zero-order valence-corrected chi connectivity index (χ0v) is 20.6. The maximum absolute atomic E-state index is 5.93. The molecule has 0 bridgehead atoms. The fourth-order valence-corrected chi connectivity index (χ4v) is 4.50. The lowest BCUT2D eigenvalue weighted by molar-refractivity contribution is 0.482. The predicted molar refractivity (Wildman–Crippen MR) is 141 cm³/mol. The van der Waals surface area contributed by atoms with Crippen LogP contribution < -0.4 is 9.64 Å². The molecule has 0 saturated carbocycles. The number of nitrogens with zero attached hydrogens (tertiary/aromatic N) is 2. The topological polar surface area (TPSA) is 24.8 Å². The summed E-state index contributed by atoms with van der Waals surface area (Å²) in [6.45, 7) is 14.3. The summed E-state index contributed by atoms with van der Waals surface area (Å²) in [7, 11) is 0. The first-order chi connectivity index (χ1) is 15.8. The molecule has 1 aliphatic heterocycles. The van der Waals surface area contributed by atoms with E-state index in [1.807, 2.05) is 54.7 Å². The quantitative estimate of drug-likeness (QED) is 0.362. The van der Waals surface area contributed by atoms with Crippen LogP contribution in [0.3, 0.4) is 0 Å². The molecular formula is C30H34N2O. The Bertz CT molecular complexity index is 1190. The van der Waals surface area contributed by atoms with Crippen LogP contribution in [0.5, 0.6) is 11.5 Å². The van der Waals surface area contributed by atoms with E-state index in [1.165, 1.54) is 28.0 Å². The van der Waals surface area contributed by atoms with Gasteiger partial charge in [-0.2, -0.15) is 0 Å². The largest absolute Gasteiger partial charge is 0.457 e. The van der Waals surface area contributed by atoms with Gasteiger partial charge in [0, 0.05) is 24.0 Å². The maximum Gasteiger partial charge on any atom is 0.127 e. The van der Waals surface area contributed by atoms with Crippen LogP contribution in [-0.2, 0) is 0 Å². The summed E-state index contributed by atoms with van der Waals surface area (Å²) in [4.78, 5) is 7.27. The standard InChI is InChI=1S/C30H34N2O/c1-7-16-32-29-17-22(3)24(18-28(29)23(4)19-30(32,5)6)20-31-25-10-14-27(15-11-25)33-26-12-8-21(2)9-13-26/h8-15,17-20H,7,16H2,1-6H3. The molecule has 0 unspecified atom stereocenters. The van der Waals surface area contributed by atoms with E-state index in [-0.39, 0.29) is 5.54 Å². The Morgan fingerprint density at radius 3 is 2.18 bits per heavy atom. The highest BCUT2D eigenvalue weighted by atomic mass is 16.5. The second kappa shape index (κ2) is 9.27. The smallest absolute Gasteiger partial charge is 0.127 e. The van der Waals surface area contributed by atoms with Gasteiger partial charge in [-0.05, 0) is 106 Å². The van der Waals surface area contributed by atoms with E-state index in [1.54, 1.807) is 0 Å². The Hall–Kier alpha value is -3.33. The molecule has 0 saturated heterocycles. The fraction of sp³-hybridized carbons (Fsp3) is 0.300. The Morgan fingerprint density at radius 2 is 1.55 bits per heavy atom. The molecule has 0 atom stereocenters. The van der Waals surface area contributed by atoms with Crippen molar-refractivity contribution >= 4 is 23.2 Å². The molecule has 3 aromatic carbocycles. The number of hydrogen-bond acceptors (Lipinski definition) is 3. The van der Waals surface area contributed by atoms with Crippen molar-refractivity contribution in [2.75, 3.05) is 11.4 Å². The molecule has 170 valence electrons. The lowest BCUT2D eigenvalue weighted by Crippen LogP contribution is -2.45. The van der Waals surface area contributed by atoms with Crippen LogP contribution in [0.1, 0.15) is 56.4 Å². The molecule has 3 nitrogen and oxygen atoms in total. The molecule has 0 fully saturated rings. The number of rotatable bonds is 6. The first kappa shape index (κ1) is 22.8. The molecule has 0 aromatic heterocycles. The second-order valence-electron chi connectivity index (χ2n) is 9.53. The van der Waals surface area contributed by atoms with Crippen LogP contribution in [0.2, 0.25) is 0 Å². The van der Waals surface area contributed by atoms with Gasteiger partial charge >= 0.3 is 0 Å². The molecule has 4 rings (SSSR count). The molecule has 1 aliphatic rings. The number of anilines is 1. The molecule has 33 heavy (non-hydrogen) atoms. The van der Waals surface area contributed by atoms with Gasteiger partial charge in [0.1, 0.15) is 11.5 Å². The Balaban J connectivity index is 1.55. The van der Waals surface area contributed by atoms with Gasteiger partial charge in [-0.3, -0.25) is 4.99 Å². The molecule has 1 heterocycles. The second-order valence-corrected chi connectivity index (χ2v) is 9.53. The van der Waals surface area contributed by atoms with E-state index >= 15 is 0 Å². The number of aliphatic imine (C=N–C) groups is 1. The van der Waals surface area contributed by atoms with Crippen LogP contribution >= 0.6 is 0 Å². The number of fused-ring (bicyclic) bond motifs is 1. The van der Waals surface area contributed by atoms with Crippen molar-refractivity contribution in [2.24, 2.45) is 4.99 Å². The molecule has 0 radical (unpaired) electrons. The lowest BCUT2D eigenvalue weighted by atomic mass is 9.87. The van der Waals surface area contributed by atoms with Crippen molar-refractivity contribution in [1.29, 1.82) is 0 Å². The number of hydrogen-bond donors (Lipinski definition) is 0. The van der Waals surface area contributed by atoms with Crippen molar-refractivity contribution in [1.82, 2.24) is 0 Å². The van der Waals surface area contributed by atoms with Gasteiger partial charge in [-0.25, -0.2) is 0 Å². The molecule has 0 amide bonds. The van der Waals surface area contributed by atoms with Gasteiger partial charge in [0.25, 0.3) is 0 Å². The molecule has 0 aliphatic carbocycles. The number of ether oxygens (including phenoxy) is 1. The van der Waals surface area contributed by atoms with Crippen molar-refractivity contribution in [3.05, 3.63) is 89.0 Å². The zero-order chi connectivity index (χ0) is 23.6. The predicted octanol–water partition coefficient (Wildman–Crippen LogP) is 8.26.